The Kier molecular flexibility index (Phi) is 7.13. The third-order valence-electron chi connectivity index (χ3n) is 2.68. The second-order valence-electron chi connectivity index (χ2n) is 4.24. The van der Waals surface area contributed by atoms with Gasteiger partial charge in [0.2, 0.25) is 0 Å². The Bertz CT molecular complexity index is 350. The van der Waals surface area contributed by atoms with Gasteiger partial charge in [0.05, 0.1) is 5.56 Å². The number of rotatable bonds is 9. The van der Waals surface area contributed by atoms with E-state index >= 15 is 0 Å². The maximum atomic E-state index is 11.2. The summed E-state index contributed by atoms with van der Waals surface area (Å²) in [5, 5.41) is 0. The summed E-state index contributed by atoms with van der Waals surface area (Å²) >= 11 is 0. The van der Waals surface area contributed by atoms with E-state index < -0.39 is 0 Å². The van der Waals surface area contributed by atoms with Gasteiger partial charge >= 0.3 is 0 Å². The Hall–Kier alpha value is -1.33. The molecular formula is C13H22N2O3. The number of hydrogen-bond donors (Lipinski definition) is 2. The lowest BCUT2D eigenvalue weighted by molar-refractivity contribution is 0.0953. The van der Waals surface area contributed by atoms with Crippen molar-refractivity contribution in [3.8, 4) is 0 Å². The summed E-state index contributed by atoms with van der Waals surface area (Å²) in [6.45, 7) is 3.32. The van der Waals surface area contributed by atoms with Crippen LogP contribution >= 0.6 is 0 Å². The molecule has 1 amide bonds. The van der Waals surface area contributed by atoms with Crippen LogP contribution in [0.5, 0.6) is 0 Å². The van der Waals surface area contributed by atoms with Crippen molar-refractivity contribution in [3.05, 3.63) is 23.7 Å². The molecule has 1 heterocycles. The molecule has 1 aromatic heterocycles. The van der Waals surface area contributed by atoms with E-state index in [9.17, 15) is 4.79 Å². The largest absolute Gasteiger partial charge is 0.466 e. The van der Waals surface area contributed by atoms with Crippen molar-refractivity contribution in [2.75, 3.05) is 6.61 Å². The Balaban J connectivity index is 2.12. The number of ether oxygens (including phenoxy) is 1. The summed E-state index contributed by atoms with van der Waals surface area (Å²) in [6.07, 6.45) is 7.45. The van der Waals surface area contributed by atoms with Crippen LogP contribution in [0, 0.1) is 0 Å². The molecule has 0 saturated carbocycles. The number of nitrogens with two attached hydrogens (primary N) is 1. The third kappa shape index (κ3) is 5.33. The lowest BCUT2D eigenvalue weighted by Gasteiger charge is -2.01. The standard InChI is InChI=1S/C13H22N2O3/c1-2-3-4-5-6-7-17-10-12-8-11(9-18-12)13(16)15-14/h8-9H,2-7,10,14H2,1H3,(H,15,16). The predicted octanol–water partition coefficient (Wildman–Crippen LogP) is 2.37. The number of carbonyl (C=O) groups excluding carboxylic acids is 1. The van der Waals surface area contributed by atoms with Crippen LogP contribution in [-0.4, -0.2) is 12.5 Å². The Morgan fingerprint density at radius 3 is 2.89 bits per heavy atom. The molecular weight excluding hydrogens is 232 g/mol. The number of furan rings is 1. The van der Waals surface area contributed by atoms with Crippen LogP contribution in [-0.2, 0) is 11.3 Å². The molecule has 0 spiro atoms. The second-order valence-corrected chi connectivity index (χ2v) is 4.24. The van der Waals surface area contributed by atoms with Crippen molar-refractivity contribution >= 4 is 5.91 Å². The lowest BCUT2D eigenvalue weighted by atomic mass is 10.2. The van der Waals surface area contributed by atoms with Crippen LogP contribution in [0.3, 0.4) is 0 Å². The van der Waals surface area contributed by atoms with Crippen molar-refractivity contribution in [3.63, 3.8) is 0 Å². The highest BCUT2D eigenvalue weighted by Gasteiger charge is 2.08. The van der Waals surface area contributed by atoms with E-state index in [1.165, 1.54) is 31.9 Å². The minimum Gasteiger partial charge on any atom is -0.466 e. The summed E-state index contributed by atoms with van der Waals surface area (Å²) in [4.78, 5) is 11.2. The average Bonchev–Trinajstić information content (AvgIpc) is 2.85. The molecule has 0 unspecified atom stereocenters. The number of carbonyl (C=O) groups is 1. The first kappa shape index (κ1) is 14.7. The molecule has 5 heteroatoms. The van der Waals surface area contributed by atoms with Crippen LogP contribution in [0.15, 0.2) is 16.7 Å². The molecule has 0 aliphatic rings. The molecule has 5 nitrogen and oxygen atoms in total. The van der Waals surface area contributed by atoms with E-state index in [-0.39, 0.29) is 5.91 Å². The molecule has 0 atom stereocenters. The molecule has 0 fully saturated rings. The van der Waals surface area contributed by atoms with Crippen LogP contribution in [0.1, 0.15) is 55.1 Å². The quantitative estimate of drug-likeness (QED) is 0.307. The van der Waals surface area contributed by atoms with Gasteiger partial charge in [-0.25, -0.2) is 5.84 Å². The van der Waals surface area contributed by atoms with Crippen molar-refractivity contribution < 1.29 is 13.9 Å². The molecule has 1 rings (SSSR count). The number of nitrogen functional groups attached to an aromatic ring is 1. The number of hydrazine groups is 1. The molecule has 102 valence electrons. The van der Waals surface area contributed by atoms with Gasteiger partial charge in [-0.2, -0.15) is 0 Å². The summed E-state index contributed by atoms with van der Waals surface area (Å²) < 4.78 is 10.7. The summed E-state index contributed by atoms with van der Waals surface area (Å²) in [6, 6.07) is 1.64. The SMILES string of the molecule is CCCCCCCOCc1cc(C(=O)NN)co1. The van der Waals surface area contributed by atoms with Crippen molar-refractivity contribution in [2.24, 2.45) is 5.84 Å². The first-order valence-corrected chi connectivity index (χ1v) is 6.44. The molecule has 0 aliphatic carbocycles. The molecule has 0 bridgehead atoms. The van der Waals surface area contributed by atoms with Crippen molar-refractivity contribution in [1.82, 2.24) is 5.43 Å². The highest BCUT2D eigenvalue weighted by molar-refractivity contribution is 5.93. The molecule has 0 aromatic carbocycles. The highest BCUT2D eigenvalue weighted by Crippen LogP contribution is 2.09. The smallest absolute Gasteiger partial charge is 0.268 e. The Labute approximate surface area is 108 Å². The molecule has 0 radical (unpaired) electrons. The Morgan fingerprint density at radius 2 is 2.17 bits per heavy atom. The average molecular weight is 254 g/mol. The fourth-order valence-corrected chi connectivity index (χ4v) is 1.64. The molecule has 0 aliphatic heterocycles. The van der Waals surface area contributed by atoms with E-state index in [2.05, 4.69) is 12.3 Å². The number of hydrogen-bond acceptors (Lipinski definition) is 4. The van der Waals surface area contributed by atoms with Gasteiger partial charge in [-0.1, -0.05) is 32.6 Å². The summed E-state index contributed by atoms with van der Waals surface area (Å²) in [7, 11) is 0. The minimum atomic E-state index is -0.357. The maximum Gasteiger partial charge on any atom is 0.268 e. The molecule has 1 aromatic rings. The molecule has 3 N–H and O–H groups in total. The van der Waals surface area contributed by atoms with Crippen LogP contribution in [0.2, 0.25) is 0 Å². The van der Waals surface area contributed by atoms with Crippen LogP contribution in [0.4, 0.5) is 0 Å². The van der Waals surface area contributed by atoms with E-state index in [4.69, 9.17) is 15.0 Å². The molecule has 0 saturated heterocycles. The van der Waals surface area contributed by atoms with Gasteiger partial charge in [0.25, 0.3) is 5.91 Å². The van der Waals surface area contributed by atoms with E-state index in [1.54, 1.807) is 6.07 Å². The van der Waals surface area contributed by atoms with E-state index in [0.717, 1.165) is 13.0 Å². The van der Waals surface area contributed by atoms with Crippen molar-refractivity contribution in [2.45, 2.75) is 45.6 Å². The fourth-order valence-electron chi connectivity index (χ4n) is 1.64. The van der Waals surface area contributed by atoms with E-state index in [0.29, 0.717) is 17.9 Å². The number of amides is 1. The molecule has 18 heavy (non-hydrogen) atoms. The van der Waals surface area contributed by atoms with Gasteiger partial charge < -0.3 is 9.15 Å². The monoisotopic (exact) mass is 254 g/mol. The first-order chi connectivity index (χ1) is 8.77. The van der Waals surface area contributed by atoms with Gasteiger partial charge in [-0.15, -0.1) is 0 Å². The zero-order chi connectivity index (χ0) is 13.2. The van der Waals surface area contributed by atoms with Crippen LogP contribution < -0.4 is 11.3 Å². The normalized spacial score (nSPS) is 10.6. The van der Waals surface area contributed by atoms with E-state index in [1.807, 2.05) is 0 Å². The van der Waals surface area contributed by atoms with Gasteiger partial charge in [-0.3, -0.25) is 10.2 Å². The number of unbranched alkanes of at least 4 members (excludes halogenated alkanes) is 4. The van der Waals surface area contributed by atoms with Gasteiger partial charge in [0.1, 0.15) is 18.6 Å². The summed E-state index contributed by atoms with van der Waals surface area (Å²) in [5.41, 5.74) is 2.47. The van der Waals surface area contributed by atoms with Crippen LogP contribution in [0.25, 0.3) is 0 Å². The highest BCUT2D eigenvalue weighted by atomic mass is 16.5. The Morgan fingerprint density at radius 1 is 1.39 bits per heavy atom. The predicted molar refractivity (Wildman–Crippen MR) is 68.8 cm³/mol. The minimum absolute atomic E-state index is 0.357. The zero-order valence-electron chi connectivity index (χ0n) is 10.9. The van der Waals surface area contributed by atoms with Gasteiger partial charge in [-0.05, 0) is 12.5 Å². The van der Waals surface area contributed by atoms with Crippen molar-refractivity contribution in [1.29, 1.82) is 0 Å². The zero-order valence-corrected chi connectivity index (χ0v) is 10.9. The second kappa shape index (κ2) is 8.72. The van der Waals surface area contributed by atoms with Gasteiger partial charge in [0, 0.05) is 6.61 Å². The topological polar surface area (TPSA) is 77.5 Å². The summed E-state index contributed by atoms with van der Waals surface area (Å²) in [5.74, 6) is 5.30. The maximum absolute atomic E-state index is 11.2. The third-order valence-corrected chi connectivity index (χ3v) is 2.68. The van der Waals surface area contributed by atoms with Gasteiger partial charge in [0.15, 0.2) is 0 Å². The number of nitrogens with one attached hydrogen (secondary N) is 1. The first-order valence-electron chi connectivity index (χ1n) is 6.44. The lowest BCUT2D eigenvalue weighted by Crippen LogP contribution is -2.29. The fraction of sp³-hybridized carbons (Fsp3) is 0.615.